The molecule has 110 valence electrons. The minimum atomic E-state index is -0.991. The van der Waals surface area contributed by atoms with E-state index >= 15 is 0 Å². The van der Waals surface area contributed by atoms with Gasteiger partial charge < -0.3 is 10.0 Å². The lowest BCUT2D eigenvalue weighted by molar-refractivity contribution is -0.131. The van der Waals surface area contributed by atoms with Crippen LogP contribution in [0.3, 0.4) is 0 Å². The molecular weight excluding hydrogens is 264 g/mol. The van der Waals surface area contributed by atoms with E-state index in [1.807, 2.05) is 12.1 Å². The van der Waals surface area contributed by atoms with Crippen LogP contribution in [0.5, 0.6) is 0 Å². The smallest absolute Gasteiger partial charge is 0.328 e. The van der Waals surface area contributed by atoms with E-state index in [4.69, 9.17) is 5.11 Å². The summed E-state index contributed by atoms with van der Waals surface area (Å²) in [5, 5.41) is 18.0. The summed E-state index contributed by atoms with van der Waals surface area (Å²) >= 11 is 0. The lowest BCUT2D eigenvalue weighted by atomic mass is 10.1. The SMILES string of the molecule is CC(C)N(CC1CC1)c1ccc(/C=C/C(=O)O)cc1C#N. The van der Waals surface area contributed by atoms with Crippen LogP contribution in [0.25, 0.3) is 6.08 Å². The Morgan fingerprint density at radius 2 is 2.24 bits per heavy atom. The second-order valence-corrected chi connectivity index (χ2v) is 5.75. The van der Waals surface area contributed by atoms with Gasteiger partial charge in [-0.1, -0.05) is 6.07 Å². The van der Waals surface area contributed by atoms with E-state index in [0.29, 0.717) is 11.6 Å². The second kappa shape index (κ2) is 6.45. The van der Waals surface area contributed by atoms with Crippen molar-refractivity contribution in [1.82, 2.24) is 0 Å². The highest BCUT2D eigenvalue weighted by Gasteiger charge is 2.26. The van der Waals surface area contributed by atoms with Crippen LogP contribution < -0.4 is 4.90 Å². The molecule has 1 aromatic rings. The number of hydrogen-bond acceptors (Lipinski definition) is 3. The fraction of sp³-hybridized carbons (Fsp3) is 0.412. The zero-order valence-corrected chi connectivity index (χ0v) is 12.4. The van der Waals surface area contributed by atoms with Crippen molar-refractivity contribution in [3.05, 3.63) is 35.4 Å². The first-order chi connectivity index (χ1) is 10.0. The van der Waals surface area contributed by atoms with Crippen LogP contribution in [0, 0.1) is 17.2 Å². The Balaban J connectivity index is 2.29. The van der Waals surface area contributed by atoms with Gasteiger partial charge in [0.15, 0.2) is 0 Å². The maximum absolute atomic E-state index is 10.6. The van der Waals surface area contributed by atoms with Gasteiger partial charge in [-0.2, -0.15) is 5.26 Å². The van der Waals surface area contributed by atoms with E-state index in [0.717, 1.165) is 29.8 Å². The van der Waals surface area contributed by atoms with Crippen LogP contribution in [-0.2, 0) is 4.79 Å². The first-order valence-corrected chi connectivity index (χ1v) is 7.23. The molecule has 0 aliphatic heterocycles. The van der Waals surface area contributed by atoms with Gasteiger partial charge in [0.25, 0.3) is 0 Å². The number of carboxylic acids is 1. The third kappa shape index (κ3) is 4.09. The largest absolute Gasteiger partial charge is 0.478 e. The highest BCUT2D eigenvalue weighted by Crippen LogP contribution is 2.33. The Morgan fingerprint density at radius 3 is 2.76 bits per heavy atom. The van der Waals surface area contributed by atoms with Crippen molar-refractivity contribution in [2.75, 3.05) is 11.4 Å². The van der Waals surface area contributed by atoms with Crippen molar-refractivity contribution < 1.29 is 9.90 Å². The maximum atomic E-state index is 10.6. The third-order valence-corrected chi connectivity index (χ3v) is 3.64. The number of aliphatic carboxylic acids is 1. The van der Waals surface area contributed by atoms with Crippen LogP contribution in [0.1, 0.15) is 37.8 Å². The van der Waals surface area contributed by atoms with E-state index in [9.17, 15) is 10.1 Å². The molecule has 0 unspecified atom stereocenters. The van der Waals surface area contributed by atoms with Gasteiger partial charge in [0.2, 0.25) is 0 Å². The summed E-state index contributed by atoms with van der Waals surface area (Å²) in [6.45, 7) is 5.24. The first-order valence-electron chi connectivity index (χ1n) is 7.23. The average molecular weight is 284 g/mol. The highest BCUT2D eigenvalue weighted by molar-refractivity contribution is 5.85. The maximum Gasteiger partial charge on any atom is 0.328 e. The third-order valence-electron chi connectivity index (χ3n) is 3.64. The molecule has 2 rings (SSSR count). The number of nitrogens with zero attached hydrogens (tertiary/aromatic N) is 2. The number of anilines is 1. The molecule has 0 aromatic heterocycles. The van der Waals surface area contributed by atoms with E-state index in [-0.39, 0.29) is 0 Å². The summed E-state index contributed by atoms with van der Waals surface area (Å²) in [6, 6.07) is 8.09. The molecule has 0 spiro atoms. The van der Waals surface area contributed by atoms with Gasteiger partial charge in [-0.25, -0.2) is 4.79 Å². The molecule has 0 amide bonds. The van der Waals surface area contributed by atoms with Crippen LogP contribution in [0.15, 0.2) is 24.3 Å². The first kappa shape index (κ1) is 15.1. The monoisotopic (exact) mass is 284 g/mol. The Morgan fingerprint density at radius 1 is 1.52 bits per heavy atom. The predicted molar refractivity (Wildman–Crippen MR) is 83.0 cm³/mol. The predicted octanol–water partition coefficient (Wildman–Crippen LogP) is 3.28. The topological polar surface area (TPSA) is 64.3 Å². The number of rotatable bonds is 6. The summed E-state index contributed by atoms with van der Waals surface area (Å²) in [5.41, 5.74) is 2.26. The van der Waals surface area contributed by atoms with Crippen molar-refractivity contribution in [1.29, 1.82) is 5.26 Å². The van der Waals surface area contributed by atoms with Crippen molar-refractivity contribution in [2.45, 2.75) is 32.7 Å². The fourth-order valence-corrected chi connectivity index (χ4v) is 2.33. The van der Waals surface area contributed by atoms with Crippen LogP contribution >= 0.6 is 0 Å². The van der Waals surface area contributed by atoms with Gasteiger partial charge in [-0.3, -0.25) is 0 Å². The molecule has 1 aliphatic carbocycles. The lowest BCUT2D eigenvalue weighted by Crippen LogP contribution is -2.33. The molecule has 1 aliphatic rings. The molecule has 0 heterocycles. The molecule has 0 saturated heterocycles. The van der Waals surface area contributed by atoms with Gasteiger partial charge in [0, 0.05) is 18.7 Å². The molecule has 4 heteroatoms. The molecule has 4 nitrogen and oxygen atoms in total. The molecule has 1 saturated carbocycles. The zero-order valence-electron chi connectivity index (χ0n) is 12.4. The van der Waals surface area contributed by atoms with Crippen LogP contribution in [0.2, 0.25) is 0 Å². The number of carboxylic acid groups (broad SMARTS) is 1. The summed E-state index contributed by atoms with van der Waals surface area (Å²) in [5.74, 6) is -0.249. The summed E-state index contributed by atoms with van der Waals surface area (Å²) in [4.78, 5) is 12.8. The Bertz CT molecular complexity index is 595. The number of nitriles is 1. The number of benzene rings is 1. The van der Waals surface area contributed by atoms with Crippen molar-refractivity contribution in [2.24, 2.45) is 5.92 Å². The summed E-state index contributed by atoms with van der Waals surface area (Å²) in [6.07, 6.45) is 5.13. The van der Waals surface area contributed by atoms with Crippen molar-refractivity contribution in [3.8, 4) is 6.07 Å². The molecule has 1 aromatic carbocycles. The lowest BCUT2D eigenvalue weighted by Gasteiger charge is -2.30. The summed E-state index contributed by atoms with van der Waals surface area (Å²) in [7, 11) is 0. The van der Waals surface area contributed by atoms with Crippen LogP contribution in [-0.4, -0.2) is 23.7 Å². The van der Waals surface area contributed by atoms with Gasteiger partial charge in [-0.05, 0) is 56.4 Å². The number of carbonyl (C=O) groups is 1. The molecule has 1 fully saturated rings. The zero-order chi connectivity index (χ0) is 15.4. The van der Waals surface area contributed by atoms with Crippen molar-refractivity contribution >= 4 is 17.7 Å². The normalized spacial score (nSPS) is 14.4. The van der Waals surface area contributed by atoms with Crippen LogP contribution in [0.4, 0.5) is 5.69 Å². The van der Waals surface area contributed by atoms with Gasteiger partial charge >= 0.3 is 5.97 Å². The molecule has 0 radical (unpaired) electrons. The minimum absolute atomic E-state index is 0.332. The number of hydrogen-bond donors (Lipinski definition) is 1. The average Bonchev–Trinajstić information content (AvgIpc) is 3.26. The standard InChI is InChI=1S/C17H20N2O2/c1-12(2)19(11-14-3-4-14)16-7-5-13(6-8-17(20)21)9-15(16)10-18/h5-9,12,14H,3-4,11H2,1-2H3,(H,20,21)/b8-6+. The van der Waals surface area contributed by atoms with Gasteiger partial charge in [0.1, 0.15) is 6.07 Å². The Labute approximate surface area is 125 Å². The second-order valence-electron chi connectivity index (χ2n) is 5.75. The molecule has 0 bridgehead atoms. The van der Waals surface area contributed by atoms with Gasteiger partial charge in [0.05, 0.1) is 11.3 Å². The quantitative estimate of drug-likeness (QED) is 0.814. The summed E-state index contributed by atoms with van der Waals surface area (Å²) < 4.78 is 0. The van der Waals surface area contributed by atoms with E-state index in [1.54, 1.807) is 6.07 Å². The molecular formula is C17H20N2O2. The van der Waals surface area contributed by atoms with Gasteiger partial charge in [-0.15, -0.1) is 0 Å². The van der Waals surface area contributed by atoms with E-state index < -0.39 is 5.97 Å². The minimum Gasteiger partial charge on any atom is -0.478 e. The molecule has 0 atom stereocenters. The van der Waals surface area contributed by atoms with Crippen molar-refractivity contribution in [3.63, 3.8) is 0 Å². The molecule has 1 N–H and O–H groups in total. The fourth-order valence-electron chi connectivity index (χ4n) is 2.33. The highest BCUT2D eigenvalue weighted by atomic mass is 16.4. The Hall–Kier alpha value is -2.28. The Kier molecular flexibility index (Phi) is 4.64. The van der Waals surface area contributed by atoms with E-state index in [2.05, 4.69) is 24.8 Å². The van der Waals surface area contributed by atoms with E-state index in [1.165, 1.54) is 18.9 Å². The molecule has 21 heavy (non-hydrogen) atoms.